The van der Waals surface area contributed by atoms with Crippen LogP contribution < -0.4 is 5.73 Å². The maximum atomic E-state index is 12.9. The fraction of sp³-hybridized carbons (Fsp3) is 0.0625. The summed E-state index contributed by atoms with van der Waals surface area (Å²) in [5.41, 5.74) is 8.34. The van der Waals surface area contributed by atoms with Crippen LogP contribution in [0.2, 0.25) is 0 Å². The summed E-state index contributed by atoms with van der Waals surface area (Å²) in [5.74, 6) is 0. The number of pyridine rings is 1. The van der Waals surface area contributed by atoms with Crippen molar-refractivity contribution in [3.63, 3.8) is 0 Å². The molecule has 6 heteroatoms. The fourth-order valence-electron chi connectivity index (χ4n) is 2.75. The first-order chi connectivity index (χ1) is 10.4. The van der Waals surface area contributed by atoms with E-state index in [-0.39, 0.29) is 5.69 Å². The Morgan fingerprint density at radius 1 is 0.955 bits per heavy atom. The molecule has 2 heterocycles. The van der Waals surface area contributed by atoms with Gasteiger partial charge in [-0.05, 0) is 30.3 Å². The first-order valence-corrected chi connectivity index (χ1v) is 6.62. The second-order valence-electron chi connectivity index (χ2n) is 5.12. The first-order valence-electron chi connectivity index (χ1n) is 6.62. The van der Waals surface area contributed by atoms with Gasteiger partial charge in [-0.25, -0.2) is 4.98 Å². The van der Waals surface area contributed by atoms with Crippen LogP contribution in [0.4, 0.5) is 18.9 Å². The molecule has 0 unspecified atom stereocenters. The zero-order valence-corrected chi connectivity index (χ0v) is 11.2. The highest BCUT2D eigenvalue weighted by atomic mass is 19.4. The summed E-state index contributed by atoms with van der Waals surface area (Å²) in [5, 5.41) is 0.366. The molecule has 0 bridgehead atoms. The molecule has 0 amide bonds. The van der Waals surface area contributed by atoms with Gasteiger partial charge in [0.25, 0.3) is 0 Å². The van der Waals surface area contributed by atoms with Crippen molar-refractivity contribution in [2.24, 2.45) is 0 Å². The minimum absolute atomic E-state index is 0.281. The molecule has 22 heavy (non-hydrogen) atoms. The van der Waals surface area contributed by atoms with Crippen molar-refractivity contribution >= 4 is 33.3 Å². The lowest BCUT2D eigenvalue weighted by Crippen LogP contribution is -2.05. The lowest BCUT2D eigenvalue weighted by molar-refractivity contribution is -0.137. The number of benzene rings is 2. The lowest BCUT2D eigenvalue weighted by atomic mass is 10.1. The van der Waals surface area contributed by atoms with E-state index in [1.807, 2.05) is 28.7 Å². The van der Waals surface area contributed by atoms with Crippen LogP contribution in [0.25, 0.3) is 27.6 Å². The molecule has 3 nitrogen and oxygen atoms in total. The first kappa shape index (κ1) is 12.9. The number of fused-ring (bicyclic) bond motifs is 5. The molecule has 0 radical (unpaired) electrons. The zero-order chi connectivity index (χ0) is 15.5. The monoisotopic (exact) mass is 301 g/mol. The average molecular weight is 301 g/mol. The van der Waals surface area contributed by atoms with Crippen molar-refractivity contribution in [1.29, 1.82) is 0 Å². The summed E-state index contributed by atoms with van der Waals surface area (Å²) < 4.78 is 40.5. The number of rotatable bonds is 0. The van der Waals surface area contributed by atoms with Crippen molar-refractivity contribution in [1.82, 2.24) is 9.38 Å². The molecule has 0 aliphatic rings. The minimum Gasteiger partial charge on any atom is -0.398 e. The molecule has 0 aliphatic heterocycles. The molecule has 110 valence electrons. The number of alkyl halides is 3. The van der Waals surface area contributed by atoms with E-state index in [0.717, 1.165) is 23.2 Å². The van der Waals surface area contributed by atoms with Gasteiger partial charge in [0, 0.05) is 17.1 Å². The molecule has 0 fully saturated rings. The van der Waals surface area contributed by atoms with E-state index in [2.05, 4.69) is 4.98 Å². The number of anilines is 1. The standard InChI is InChI=1S/C16H10F3N3/c17-16(18,19)9-5-6-13-10(7-9)11(20)8-15-21-12-3-1-2-4-14(12)22(13)15/h1-8H,20H2. The highest BCUT2D eigenvalue weighted by Gasteiger charge is 2.30. The largest absolute Gasteiger partial charge is 0.416 e. The molecule has 2 aromatic heterocycles. The third kappa shape index (κ3) is 1.73. The maximum absolute atomic E-state index is 12.9. The average Bonchev–Trinajstić information content (AvgIpc) is 2.84. The smallest absolute Gasteiger partial charge is 0.398 e. The van der Waals surface area contributed by atoms with E-state index < -0.39 is 11.7 Å². The summed E-state index contributed by atoms with van der Waals surface area (Å²) >= 11 is 0. The summed E-state index contributed by atoms with van der Waals surface area (Å²) in [4.78, 5) is 4.46. The van der Waals surface area contributed by atoms with E-state index >= 15 is 0 Å². The predicted octanol–water partition coefficient (Wildman–Crippen LogP) is 4.24. The van der Waals surface area contributed by atoms with Crippen molar-refractivity contribution in [2.75, 3.05) is 5.73 Å². The lowest BCUT2D eigenvalue weighted by Gasteiger charge is -2.11. The van der Waals surface area contributed by atoms with Crippen LogP contribution >= 0.6 is 0 Å². The Hall–Kier alpha value is -2.76. The number of imidazole rings is 1. The fourth-order valence-corrected chi connectivity index (χ4v) is 2.75. The Labute approximate surface area is 122 Å². The number of halogens is 3. The highest BCUT2D eigenvalue weighted by Crippen LogP contribution is 2.34. The van der Waals surface area contributed by atoms with Gasteiger partial charge in [0.1, 0.15) is 5.65 Å². The number of nitrogen functional groups attached to an aromatic ring is 1. The maximum Gasteiger partial charge on any atom is 0.416 e. The van der Waals surface area contributed by atoms with Crippen LogP contribution in [0, 0.1) is 0 Å². The number of para-hydroxylation sites is 2. The molecule has 4 aromatic rings. The molecule has 0 saturated carbocycles. The van der Waals surface area contributed by atoms with Crippen LogP contribution in [0.3, 0.4) is 0 Å². The molecule has 0 saturated heterocycles. The van der Waals surface area contributed by atoms with Crippen LogP contribution in [-0.4, -0.2) is 9.38 Å². The number of aromatic nitrogens is 2. The van der Waals surface area contributed by atoms with Crippen molar-refractivity contribution in [3.8, 4) is 0 Å². The zero-order valence-electron chi connectivity index (χ0n) is 11.2. The van der Waals surface area contributed by atoms with E-state index in [1.165, 1.54) is 6.07 Å². The third-order valence-electron chi connectivity index (χ3n) is 3.75. The summed E-state index contributed by atoms with van der Waals surface area (Å²) in [6, 6.07) is 12.6. The molecule has 2 aromatic carbocycles. The van der Waals surface area contributed by atoms with Crippen LogP contribution in [0.5, 0.6) is 0 Å². The molecular weight excluding hydrogens is 291 g/mol. The van der Waals surface area contributed by atoms with Gasteiger partial charge in [-0.2, -0.15) is 13.2 Å². The SMILES string of the molecule is Nc1cc2nc3ccccc3n2c2ccc(C(F)(F)F)cc12. The molecule has 0 atom stereocenters. The highest BCUT2D eigenvalue weighted by molar-refractivity contribution is 5.97. The normalized spacial score (nSPS) is 12.5. The van der Waals surface area contributed by atoms with E-state index in [0.29, 0.717) is 16.6 Å². The Balaban J connectivity index is 2.19. The Kier molecular flexibility index (Phi) is 2.43. The molecule has 0 spiro atoms. The summed E-state index contributed by atoms with van der Waals surface area (Å²) in [6.45, 7) is 0. The quantitative estimate of drug-likeness (QED) is 0.528. The van der Waals surface area contributed by atoms with Gasteiger partial charge in [0.05, 0.1) is 22.1 Å². The second-order valence-corrected chi connectivity index (χ2v) is 5.12. The summed E-state index contributed by atoms with van der Waals surface area (Å²) in [6.07, 6.45) is -4.40. The molecular formula is C16H10F3N3. The van der Waals surface area contributed by atoms with Gasteiger partial charge in [0.2, 0.25) is 0 Å². The van der Waals surface area contributed by atoms with Gasteiger partial charge in [-0.3, -0.25) is 4.40 Å². The van der Waals surface area contributed by atoms with Crippen LogP contribution in [-0.2, 0) is 6.18 Å². The predicted molar refractivity (Wildman–Crippen MR) is 79.6 cm³/mol. The van der Waals surface area contributed by atoms with Crippen molar-refractivity contribution < 1.29 is 13.2 Å². The number of nitrogens with two attached hydrogens (primary N) is 1. The molecule has 0 aliphatic carbocycles. The Morgan fingerprint density at radius 3 is 2.50 bits per heavy atom. The number of hydrogen-bond donors (Lipinski definition) is 1. The van der Waals surface area contributed by atoms with E-state index in [4.69, 9.17) is 5.73 Å². The summed E-state index contributed by atoms with van der Waals surface area (Å²) in [7, 11) is 0. The topological polar surface area (TPSA) is 43.3 Å². The van der Waals surface area contributed by atoms with Crippen molar-refractivity contribution in [3.05, 3.63) is 54.1 Å². The van der Waals surface area contributed by atoms with Crippen LogP contribution in [0.15, 0.2) is 48.5 Å². The van der Waals surface area contributed by atoms with E-state index in [1.54, 1.807) is 6.07 Å². The van der Waals surface area contributed by atoms with Crippen molar-refractivity contribution in [2.45, 2.75) is 6.18 Å². The number of nitrogens with zero attached hydrogens (tertiary/aromatic N) is 2. The van der Waals surface area contributed by atoms with Crippen LogP contribution in [0.1, 0.15) is 5.56 Å². The van der Waals surface area contributed by atoms with Gasteiger partial charge in [-0.15, -0.1) is 0 Å². The van der Waals surface area contributed by atoms with E-state index in [9.17, 15) is 13.2 Å². The Bertz CT molecular complexity index is 1030. The van der Waals surface area contributed by atoms with Gasteiger partial charge >= 0.3 is 6.18 Å². The third-order valence-corrected chi connectivity index (χ3v) is 3.75. The van der Waals surface area contributed by atoms with Gasteiger partial charge in [-0.1, -0.05) is 12.1 Å². The number of hydrogen-bond acceptors (Lipinski definition) is 2. The second kappa shape index (κ2) is 4.13. The Morgan fingerprint density at radius 2 is 1.73 bits per heavy atom. The minimum atomic E-state index is -4.40. The molecule has 2 N–H and O–H groups in total. The van der Waals surface area contributed by atoms with Gasteiger partial charge < -0.3 is 5.73 Å². The molecule has 4 rings (SSSR count). The van der Waals surface area contributed by atoms with Gasteiger partial charge in [0.15, 0.2) is 0 Å².